The number of nitrogens with one attached hydrogen (secondary N) is 1. The molecule has 0 bridgehead atoms. The summed E-state index contributed by atoms with van der Waals surface area (Å²) in [6.45, 7) is 5.84. The first-order valence-electron chi connectivity index (χ1n) is 9.08. The predicted molar refractivity (Wildman–Crippen MR) is 105 cm³/mol. The first kappa shape index (κ1) is 18.7. The second kappa shape index (κ2) is 8.08. The van der Waals surface area contributed by atoms with Crippen molar-refractivity contribution in [2.75, 3.05) is 0 Å². The molecule has 1 amide bonds. The summed E-state index contributed by atoms with van der Waals surface area (Å²) in [6, 6.07) is 16.0. The standard InChI is InChI=1S/C22H23NO4/c1-4-19(15-8-6-5-7-9-15)23-22(25)18-13-21(24)27-20-12-16(26-14(2)3)10-11-17(18)20/h5-14,19H,4H2,1-3H3,(H,23,25). The van der Waals surface area contributed by atoms with E-state index in [2.05, 4.69) is 5.32 Å². The quantitative estimate of drug-likeness (QED) is 0.655. The highest BCUT2D eigenvalue weighted by Crippen LogP contribution is 2.24. The summed E-state index contributed by atoms with van der Waals surface area (Å²) in [7, 11) is 0. The van der Waals surface area contributed by atoms with Crippen LogP contribution in [0.15, 0.2) is 63.8 Å². The molecule has 5 heteroatoms. The fraction of sp³-hybridized carbons (Fsp3) is 0.273. The highest BCUT2D eigenvalue weighted by molar-refractivity contribution is 6.05. The Hall–Kier alpha value is -3.08. The van der Waals surface area contributed by atoms with Crippen LogP contribution in [0.25, 0.3) is 11.0 Å². The molecule has 1 aromatic heterocycles. The molecule has 0 saturated heterocycles. The van der Waals surface area contributed by atoms with Crippen LogP contribution in [0.1, 0.15) is 49.2 Å². The third-order valence-electron chi connectivity index (χ3n) is 4.25. The molecule has 0 fully saturated rings. The number of amides is 1. The second-order valence-corrected chi connectivity index (χ2v) is 6.65. The van der Waals surface area contributed by atoms with Crippen molar-refractivity contribution in [1.82, 2.24) is 5.32 Å². The minimum Gasteiger partial charge on any atom is -0.491 e. The van der Waals surface area contributed by atoms with Gasteiger partial charge in [0.1, 0.15) is 11.3 Å². The molecule has 2 aromatic carbocycles. The summed E-state index contributed by atoms with van der Waals surface area (Å²) in [5.41, 5.74) is 1.08. The van der Waals surface area contributed by atoms with Crippen molar-refractivity contribution in [3.8, 4) is 5.75 Å². The fourth-order valence-corrected chi connectivity index (χ4v) is 3.02. The number of carbonyl (C=O) groups excluding carboxylic acids is 1. The number of hydrogen-bond donors (Lipinski definition) is 1. The van der Waals surface area contributed by atoms with Crippen LogP contribution in [0.5, 0.6) is 5.75 Å². The molecule has 0 aliphatic heterocycles. The summed E-state index contributed by atoms with van der Waals surface area (Å²) < 4.78 is 10.9. The van der Waals surface area contributed by atoms with Crippen LogP contribution in [0, 0.1) is 0 Å². The summed E-state index contributed by atoms with van der Waals surface area (Å²) >= 11 is 0. The van der Waals surface area contributed by atoms with Crippen LogP contribution in [0.4, 0.5) is 0 Å². The maximum absolute atomic E-state index is 12.9. The van der Waals surface area contributed by atoms with E-state index in [1.54, 1.807) is 18.2 Å². The molecule has 1 unspecified atom stereocenters. The Kier molecular flexibility index (Phi) is 5.60. The molecule has 0 aliphatic rings. The van der Waals surface area contributed by atoms with Gasteiger partial charge >= 0.3 is 5.63 Å². The summed E-state index contributed by atoms with van der Waals surface area (Å²) in [5.74, 6) is 0.287. The SMILES string of the molecule is CCC(NC(=O)c1cc(=O)oc2cc(OC(C)C)ccc12)c1ccccc1. The Morgan fingerprint density at radius 1 is 1.11 bits per heavy atom. The van der Waals surface area contributed by atoms with E-state index in [-0.39, 0.29) is 18.1 Å². The molecule has 0 aliphatic carbocycles. The molecule has 1 N–H and O–H groups in total. The van der Waals surface area contributed by atoms with E-state index in [4.69, 9.17) is 9.15 Å². The van der Waals surface area contributed by atoms with E-state index in [0.29, 0.717) is 22.3 Å². The van der Waals surface area contributed by atoms with E-state index in [1.807, 2.05) is 51.1 Å². The Morgan fingerprint density at radius 2 is 1.85 bits per heavy atom. The Labute approximate surface area is 158 Å². The van der Waals surface area contributed by atoms with Gasteiger partial charge in [-0.3, -0.25) is 4.79 Å². The molecule has 0 spiro atoms. The number of benzene rings is 2. The molecule has 0 radical (unpaired) electrons. The van der Waals surface area contributed by atoms with Crippen LogP contribution in [-0.4, -0.2) is 12.0 Å². The van der Waals surface area contributed by atoms with E-state index >= 15 is 0 Å². The monoisotopic (exact) mass is 365 g/mol. The molecular weight excluding hydrogens is 342 g/mol. The lowest BCUT2D eigenvalue weighted by Gasteiger charge is -2.18. The van der Waals surface area contributed by atoms with Gasteiger partial charge in [-0.25, -0.2) is 4.79 Å². The summed E-state index contributed by atoms with van der Waals surface area (Å²) in [6.07, 6.45) is 0.735. The topological polar surface area (TPSA) is 68.5 Å². The van der Waals surface area contributed by atoms with Gasteiger partial charge in [0.15, 0.2) is 0 Å². The van der Waals surface area contributed by atoms with Gasteiger partial charge in [0.25, 0.3) is 5.91 Å². The maximum Gasteiger partial charge on any atom is 0.337 e. The van der Waals surface area contributed by atoms with Crippen molar-refractivity contribution in [3.63, 3.8) is 0 Å². The number of rotatable bonds is 6. The van der Waals surface area contributed by atoms with Gasteiger partial charge in [-0.2, -0.15) is 0 Å². The molecule has 3 rings (SSSR count). The van der Waals surface area contributed by atoms with E-state index in [1.165, 1.54) is 6.07 Å². The van der Waals surface area contributed by atoms with Crippen molar-refractivity contribution in [2.24, 2.45) is 0 Å². The fourth-order valence-electron chi connectivity index (χ4n) is 3.02. The smallest absolute Gasteiger partial charge is 0.337 e. The van der Waals surface area contributed by atoms with Crippen LogP contribution < -0.4 is 15.7 Å². The predicted octanol–water partition coefficient (Wildman–Crippen LogP) is 4.46. The van der Waals surface area contributed by atoms with E-state index in [0.717, 1.165) is 12.0 Å². The van der Waals surface area contributed by atoms with Crippen LogP contribution in [-0.2, 0) is 0 Å². The minimum atomic E-state index is -0.567. The third-order valence-corrected chi connectivity index (χ3v) is 4.25. The Balaban J connectivity index is 1.95. The summed E-state index contributed by atoms with van der Waals surface area (Å²) in [5, 5.41) is 3.59. The lowest BCUT2D eigenvalue weighted by atomic mass is 10.0. The third kappa shape index (κ3) is 4.37. The van der Waals surface area contributed by atoms with Gasteiger partial charge in [-0.1, -0.05) is 37.3 Å². The molecule has 5 nitrogen and oxygen atoms in total. The largest absolute Gasteiger partial charge is 0.491 e. The lowest BCUT2D eigenvalue weighted by molar-refractivity contribution is 0.0936. The molecule has 0 saturated carbocycles. The average Bonchev–Trinajstić information content (AvgIpc) is 2.65. The van der Waals surface area contributed by atoms with Crippen molar-refractivity contribution >= 4 is 16.9 Å². The van der Waals surface area contributed by atoms with Gasteiger partial charge in [-0.05, 0) is 38.0 Å². The number of ether oxygens (including phenoxy) is 1. The second-order valence-electron chi connectivity index (χ2n) is 6.65. The van der Waals surface area contributed by atoms with Crippen LogP contribution >= 0.6 is 0 Å². The van der Waals surface area contributed by atoms with Gasteiger partial charge < -0.3 is 14.5 Å². The first-order chi connectivity index (χ1) is 13.0. The maximum atomic E-state index is 12.9. The van der Waals surface area contributed by atoms with E-state index < -0.39 is 5.63 Å². The van der Waals surface area contributed by atoms with Crippen molar-refractivity contribution in [2.45, 2.75) is 39.3 Å². The number of fused-ring (bicyclic) bond motifs is 1. The normalized spacial score (nSPS) is 12.1. The molecule has 1 atom stereocenters. The highest BCUT2D eigenvalue weighted by Gasteiger charge is 2.18. The van der Waals surface area contributed by atoms with Gasteiger partial charge in [0.2, 0.25) is 0 Å². The van der Waals surface area contributed by atoms with Crippen molar-refractivity contribution in [3.05, 3.63) is 76.1 Å². The van der Waals surface area contributed by atoms with Crippen molar-refractivity contribution in [1.29, 1.82) is 0 Å². The van der Waals surface area contributed by atoms with Crippen LogP contribution in [0.3, 0.4) is 0 Å². The number of carbonyl (C=O) groups is 1. The van der Waals surface area contributed by atoms with Crippen LogP contribution in [0.2, 0.25) is 0 Å². The average molecular weight is 365 g/mol. The zero-order chi connectivity index (χ0) is 19.4. The molecule has 1 heterocycles. The number of hydrogen-bond acceptors (Lipinski definition) is 4. The summed E-state index contributed by atoms with van der Waals surface area (Å²) in [4.78, 5) is 24.9. The van der Waals surface area contributed by atoms with Gasteiger partial charge in [0.05, 0.1) is 17.7 Å². The Bertz CT molecular complexity index is 992. The highest BCUT2D eigenvalue weighted by atomic mass is 16.5. The molecular formula is C22H23NO4. The Morgan fingerprint density at radius 3 is 2.52 bits per heavy atom. The van der Waals surface area contributed by atoms with Gasteiger partial charge in [0, 0.05) is 17.5 Å². The molecule has 3 aromatic rings. The van der Waals surface area contributed by atoms with Gasteiger partial charge in [-0.15, -0.1) is 0 Å². The minimum absolute atomic E-state index is 0.00293. The zero-order valence-electron chi connectivity index (χ0n) is 15.7. The molecule has 27 heavy (non-hydrogen) atoms. The first-order valence-corrected chi connectivity index (χ1v) is 9.08. The van der Waals surface area contributed by atoms with Crippen molar-refractivity contribution < 1.29 is 13.9 Å². The van der Waals surface area contributed by atoms with E-state index in [9.17, 15) is 9.59 Å². The molecule has 140 valence electrons. The zero-order valence-corrected chi connectivity index (χ0v) is 15.7. The lowest BCUT2D eigenvalue weighted by Crippen LogP contribution is -2.29.